The first kappa shape index (κ1) is 14.7. The largest absolute Gasteiger partial charge is 0.489 e. The number of hydrogen-bond donors (Lipinski definition) is 2. The lowest BCUT2D eigenvalue weighted by atomic mass is 9.97. The van der Waals surface area contributed by atoms with Gasteiger partial charge in [0.2, 0.25) is 0 Å². The number of nitrogens with zero attached hydrogens (tertiary/aromatic N) is 1. The number of ether oxygens (including phenoxy) is 2. The van der Waals surface area contributed by atoms with Crippen LogP contribution in [0.5, 0.6) is 11.5 Å². The molecule has 0 spiro atoms. The molecule has 0 aromatic heterocycles. The number of benzene rings is 1. The van der Waals surface area contributed by atoms with Crippen LogP contribution in [0.2, 0.25) is 5.02 Å². The molecule has 2 aliphatic rings. The molecule has 3 N–H and O–H groups in total. The van der Waals surface area contributed by atoms with E-state index in [1.54, 1.807) is 19.2 Å². The fourth-order valence-electron chi connectivity index (χ4n) is 2.29. The summed E-state index contributed by atoms with van der Waals surface area (Å²) in [7, 11) is 1.57. The minimum atomic E-state index is -1.21. The molecule has 3 rings (SSSR count). The molecule has 0 unspecified atom stereocenters. The summed E-state index contributed by atoms with van der Waals surface area (Å²) in [5.41, 5.74) is 6.77. The predicted molar refractivity (Wildman–Crippen MR) is 81.9 cm³/mol. The van der Waals surface area contributed by atoms with E-state index in [4.69, 9.17) is 31.9 Å². The average Bonchev–Trinajstić information content (AvgIpc) is 3.32. The lowest BCUT2D eigenvalue weighted by Crippen LogP contribution is -2.27. The van der Waals surface area contributed by atoms with Crippen LogP contribution in [0.1, 0.15) is 18.4 Å². The molecule has 7 heteroatoms. The second-order valence-electron chi connectivity index (χ2n) is 5.13. The van der Waals surface area contributed by atoms with Gasteiger partial charge in [-0.2, -0.15) is 0 Å². The van der Waals surface area contributed by atoms with Gasteiger partial charge in [-0.3, -0.25) is 4.99 Å². The van der Waals surface area contributed by atoms with E-state index in [1.165, 1.54) is 0 Å². The molecule has 1 aromatic rings. The molecule has 1 heterocycles. The van der Waals surface area contributed by atoms with Crippen LogP contribution in [0.4, 0.5) is 0 Å². The molecular weight excluding hydrogens is 308 g/mol. The molecular formula is C15H15ClN2O4. The van der Waals surface area contributed by atoms with Crippen LogP contribution >= 0.6 is 11.6 Å². The van der Waals surface area contributed by atoms with Crippen molar-refractivity contribution in [2.75, 3.05) is 13.7 Å². The molecule has 1 aliphatic carbocycles. The lowest BCUT2D eigenvalue weighted by Gasteiger charge is -2.24. The third-order valence-corrected chi connectivity index (χ3v) is 3.92. The summed E-state index contributed by atoms with van der Waals surface area (Å²) >= 11 is 6.34. The van der Waals surface area contributed by atoms with E-state index in [9.17, 15) is 4.79 Å². The first-order chi connectivity index (χ1) is 10.5. The minimum absolute atomic E-state index is 0.00437. The third kappa shape index (κ3) is 2.50. The zero-order valence-electron chi connectivity index (χ0n) is 11.9. The summed E-state index contributed by atoms with van der Waals surface area (Å²) in [5, 5.41) is 9.43. The van der Waals surface area contributed by atoms with Gasteiger partial charge in [-0.05, 0) is 25.0 Å². The Morgan fingerprint density at radius 1 is 1.50 bits per heavy atom. The van der Waals surface area contributed by atoms with Gasteiger partial charge in [0.1, 0.15) is 23.1 Å². The van der Waals surface area contributed by atoms with Gasteiger partial charge in [-0.25, -0.2) is 4.79 Å². The van der Waals surface area contributed by atoms with Crippen LogP contribution in [-0.2, 0) is 4.79 Å². The zero-order valence-corrected chi connectivity index (χ0v) is 12.7. The number of hydrogen-bond acceptors (Lipinski definition) is 5. The summed E-state index contributed by atoms with van der Waals surface area (Å²) in [6, 6.07) is 3.50. The average molecular weight is 323 g/mol. The first-order valence-corrected chi connectivity index (χ1v) is 7.22. The predicted octanol–water partition coefficient (Wildman–Crippen LogP) is 1.99. The highest BCUT2D eigenvalue weighted by Gasteiger charge is 2.30. The van der Waals surface area contributed by atoms with Gasteiger partial charge in [0.15, 0.2) is 5.75 Å². The molecule has 0 amide bonds. The Labute approximate surface area is 132 Å². The van der Waals surface area contributed by atoms with Crippen molar-refractivity contribution < 1.29 is 19.4 Å². The fraction of sp³-hybridized carbons (Fsp3) is 0.333. The number of halogens is 1. The van der Waals surface area contributed by atoms with Gasteiger partial charge in [0.05, 0.1) is 11.8 Å². The standard InChI is InChI=1S/C15H15ClN2O4/c1-18-13-8-4-5-10(22-7-2-3-7)11(16)14(8)21-6-9(13)12(17)15(19)20/h4-5,7H,2-3,6,17H2,1H3,(H,19,20). The summed E-state index contributed by atoms with van der Waals surface area (Å²) in [5.74, 6) is -0.192. The van der Waals surface area contributed by atoms with Crippen molar-refractivity contribution in [3.05, 3.63) is 34.0 Å². The molecule has 1 fully saturated rings. The van der Waals surface area contributed by atoms with Crippen molar-refractivity contribution in [1.82, 2.24) is 0 Å². The van der Waals surface area contributed by atoms with Crippen LogP contribution < -0.4 is 15.2 Å². The molecule has 22 heavy (non-hydrogen) atoms. The van der Waals surface area contributed by atoms with Crippen molar-refractivity contribution >= 4 is 23.3 Å². The second kappa shape index (κ2) is 5.53. The van der Waals surface area contributed by atoms with Gasteiger partial charge in [-0.1, -0.05) is 11.6 Å². The maximum absolute atomic E-state index is 11.1. The summed E-state index contributed by atoms with van der Waals surface area (Å²) in [6.45, 7) is 0.00437. The van der Waals surface area contributed by atoms with Gasteiger partial charge >= 0.3 is 5.97 Å². The van der Waals surface area contributed by atoms with Gasteiger partial charge in [0.25, 0.3) is 0 Å². The quantitative estimate of drug-likeness (QED) is 0.830. The number of nitrogens with two attached hydrogens (primary N) is 1. The van der Waals surface area contributed by atoms with Crippen molar-refractivity contribution in [2.24, 2.45) is 10.7 Å². The van der Waals surface area contributed by atoms with Crippen LogP contribution in [-0.4, -0.2) is 36.5 Å². The maximum Gasteiger partial charge on any atom is 0.352 e. The third-order valence-electron chi connectivity index (χ3n) is 3.56. The smallest absolute Gasteiger partial charge is 0.352 e. The highest BCUT2D eigenvalue weighted by atomic mass is 35.5. The lowest BCUT2D eigenvalue weighted by molar-refractivity contribution is -0.132. The zero-order chi connectivity index (χ0) is 15.9. The summed E-state index contributed by atoms with van der Waals surface area (Å²) < 4.78 is 11.3. The Morgan fingerprint density at radius 3 is 2.82 bits per heavy atom. The van der Waals surface area contributed by atoms with Crippen LogP contribution in [0.3, 0.4) is 0 Å². The van der Waals surface area contributed by atoms with Crippen molar-refractivity contribution in [3.63, 3.8) is 0 Å². The number of carboxylic acids is 1. The van der Waals surface area contributed by atoms with Crippen molar-refractivity contribution in [1.29, 1.82) is 0 Å². The number of rotatable bonds is 3. The molecule has 1 saturated carbocycles. The Kier molecular flexibility index (Phi) is 3.70. The van der Waals surface area contributed by atoms with Gasteiger partial charge < -0.3 is 20.3 Å². The van der Waals surface area contributed by atoms with E-state index in [0.717, 1.165) is 12.8 Å². The Bertz CT molecular complexity index is 708. The van der Waals surface area contributed by atoms with Crippen LogP contribution in [0, 0.1) is 0 Å². The van der Waals surface area contributed by atoms with E-state index >= 15 is 0 Å². The fourth-order valence-corrected chi connectivity index (χ4v) is 2.55. The van der Waals surface area contributed by atoms with Crippen LogP contribution in [0.25, 0.3) is 0 Å². The molecule has 1 aliphatic heterocycles. The number of carbonyl (C=O) groups is 1. The Balaban J connectivity index is 2.05. The normalized spacial score (nSPS) is 21.1. The topological polar surface area (TPSA) is 94.1 Å². The Morgan fingerprint density at radius 2 is 2.23 bits per heavy atom. The second-order valence-corrected chi connectivity index (χ2v) is 5.51. The van der Waals surface area contributed by atoms with E-state index < -0.39 is 5.97 Å². The summed E-state index contributed by atoms with van der Waals surface area (Å²) in [4.78, 5) is 15.2. The van der Waals surface area contributed by atoms with Crippen LogP contribution in [0.15, 0.2) is 28.4 Å². The molecule has 116 valence electrons. The van der Waals surface area contributed by atoms with Gasteiger partial charge in [-0.15, -0.1) is 0 Å². The molecule has 1 aromatic carbocycles. The van der Waals surface area contributed by atoms with E-state index in [2.05, 4.69) is 4.99 Å². The summed E-state index contributed by atoms with van der Waals surface area (Å²) in [6.07, 6.45) is 2.27. The van der Waals surface area contributed by atoms with Gasteiger partial charge in [0, 0.05) is 18.2 Å². The Hall–Kier alpha value is -2.21. The van der Waals surface area contributed by atoms with Crippen molar-refractivity contribution in [2.45, 2.75) is 18.9 Å². The maximum atomic E-state index is 11.1. The number of aliphatic imine (C=N–C) groups is 1. The number of aliphatic carboxylic acids is 1. The molecule has 0 saturated heterocycles. The number of carboxylic acid groups (broad SMARTS) is 1. The highest BCUT2D eigenvalue weighted by molar-refractivity contribution is 6.35. The van der Waals surface area contributed by atoms with E-state index in [1.807, 2.05) is 0 Å². The monoisotopic (exact) mass is 322 g/mol. The van der Waals surface area contributed by atoms with Crippen molar-refractivity contribution in [3.8, 4) is 11.5 Å². The van der Waals surface area contributed by atoms with E-state index in [0.29, 0.717) is 33.4 Å². The number of fused-ring (bicyclic) bond motifs is 1. The molecule has 6 nitrogen and oxygen atoms in total. The molecule has 0 bridgehead atoms. The minimum Gasteiger partial charge on any atom is -0.489 e. The molecule has 0 atom stereocenters. The first-order valence-electron chi connectivity index (χ1n) is 6.84. The van der Waals surface area contributed by atoms with E-state index in [-0.39, 0.29) is 18.4 Å². The highest BCUT2D eigenvalue weighted by Crippen LogP contribution is 2.42. The SMILES string of the molecule is CN=C1C(=C(N)C(=O)O)COc2c1ccc(OC1CC1)c2Cl. The molecule has 0 radical (unpaired) electrons.